The number of piperazine rings is 1. The number of carbonyl (C=O) groups excluding carboxylic acids is 2. The molecule has 0 aliphatic carbocycles. The van der Waals surface area contributed by atoms with E-state index < -0.39 is 16.1 Å². The lowest BCUT2D eigenvalue weighted by molar-refractivity contribution is -0.123. The first-order valence-electron chi connectivity index (χ1n) is 9.40. The van der Waals surface area contributed by atoms with Crippen LogP contribution in [0.2, 0.25) is 10.0 Å². The fourth-order valence-electron chi connectivity index (χ4n) is 3.80. The van der Waals surface area contributed by atoms with Gasteiger partial charge in [0.25, 0.3) is 5.91 Å². The molecule has 7 nitrogen and oxygen atoms in total. The highest BCUT2D eigenvalue weighted by molar-refractivity contribution is 7.89. The first-order valence-corrected chi connectivity index (χ1v) is 11.6. The number of benzene rings is 2. The lowest BCUT2D eigenvalue weighted by atomic mass is 10.2. The van der Waals surface area contributed by atoms with Crippen LogP contribution in [0.1, 0.15) is 6.42 Å². The van der Waals surface area contributed by atoms with E-state index in [0.29, 0.717) is 28.8 Å². The predicted octanol–water partition coefficient (Wildman–Crippen LogP) is 2.63. The summed E-state index contributed by atoms with van der Waals surface area (Å²) in [7, 11) is -3.64. The van der Waals surface area contributed by atoms with Gasteiger partial charge in [0, 0.05) is 31.2 Å². The molecule has 0 aromatic heterocycles. The van der Waals surface area contributed by atoms with E-state index in [1.807, 2.05) is 4.90 Å². The minimum absolute atomic E-state index is 0.0496. The zero-order valence-corrected chi connectivity index (χ0v) is 18.2. The van der Waals surface area contributed by atoms with Gasteiger partial charge in [-0.05, 0) is 36.4 Å². The van der Waals surface area contributed by atoms with E-state index in [4.69, 9.17) is 23.2 Å². The van der Waals surface area contributed by atoms with Gasteiger partial charge in [-0.15, -0.1) is 0 Å². The van der Waals surface area contributed by atoms with E-state index in [-0.39, 0.29) is 36.2 Å². The van der Waals surface area contributed by atoms with Crippen molar-refractivity contribution in [2.45, 2.75) is 17.4 Å². The van der Waals surface area contributed by atoms with Crippen LogP contribution in [0.3, 0.4) is 0 Å². The van der Waals surface area contributed by atoms with Gasteiger partial charge in [0.1, 0.15) is 0 Å². The molecule has 2 saturated heterocycles. The molecule has 0 N–H and O–H groups in total. The SMILES string of the molecule is O=C1C[C@@H](N2CCN(S(=O)(=O)c3ccc(Cl)cc3)CC2)C(=O)N1c1ccccc1Cl. The van der Waals surface area contributed by atoms with E-state index in [2.05, 4.69) is 0 Å². The molecule has 2 aliphatic rings. The Hall–Kier alpha value is -1.97. The van der Waals surface area contributed by atoms with E-state index >= 15 is 0 Å². The second kappa shape index (κ2) is 8.28. The first-order chi connectivity index (χ1) is 14.3. The van der Waals surface area contributed by atoms with Crippen LogP contribution in [0.5, 0.6) is 0 Å². The molecule has 2 aromatic carbocycles. The minimum Gasteiger partial charge on any atom is -0.289 e. The number of hydrogen-bond acceptors (Lipinski definition) is 5. The zero-order valence-electron chi connectivity index (χ0n) is 15.9. The number of hydrogen-bond donors (Lipinski definition) is 0. The van der Waals surface area contributed by atoms with E-state index in [0.717, 1.165) is 4.90 Å². The number of carbonyl (C=O) groups is 2. The van der Waals surface area contributed by atoms with Crippen LogP contribution in [-0.4, -0.2) is 61.7 Å². The molecule has 0 saturated carbocycles. The molecule has 10 heteroatoms. The number of nitrogens with zero attached hydrogens (tertiary/aromatic N) is 3. The fraction of sp³-hybridized carbons (Fsp3) is 0.300. The van der Waals surface area contributed by atoms with Gasteiger partial charge in [-0.2, -0.15) is 4.31 Å². The summed E-state index contributed by atoms with van der Waals surface area (Å²) in [5.41, 5.74) is 0.376. The smallest absolute Gasteiger partial charge is 0.251 e. The molecular formula is C20H19Cl2N3O4S. The van der Waals surface area contributed by atoms with E-state index in [9.17, 15) is 18.0 Å². The van der Waals surface area contributed by atoms with Gasteiger partial charge in [0.05, 0.1) is 28.1 Å². The van der Waals surface area contributed by atoms with Gasteiger partial charge in [-0.25, -0.2) is 13.3 Å². The van der Waals surface area contributed by atoms with Gasteiger partial charge in [0.15, 0.2) is 0 Å². The van der Waals surface area contributed by atoms with Crippen LogP contribution in [0.25, 0.3) is 0 Å². The van der Waals surface area contributed by atoms with Crippen molar-refractivity contribution in [1.82, 2.24) is 9.21 Å². The van der Waals surface area contributed by atoms with Crippen molar-refractivity contribution in [3.05, 3.63) is 58.6 Å². The second-order valence-corrected chi connectivity index (χ2v) is 9.91. The predicted molar refractivity (Wildman–Crippen MR) is 114 cm³/mol. The number of halogens is 2. The number of imide groups is 1. The standard InChI is InChI=1S/C20H19Cl2N3O4S/c21-14-5-7-15(8-6-14)30(28,29)24-11-9-23(10-12-24)18-13-19(26)25(20(18)27)17-4-2-1-3-16(17)22/h1-8,18H,9-13H2/t18-/m1/s1. The van der Waals surface area contributed by atoms with Crippen molar-refractivity contribution in [2.75, 3.05) is 31.1 Å². The Balaban J connectivity index is 1.46. The van der Waals surface area contributed by atoms with Crippen molar-refractivity contribution < 1.29 is 18.0 Å². The highest BCUT2D eigenvalue weighted by atomic mass is 35.5. The van der Waals surface area contributed by atoms with Crippen molar-refractivity contribution >= 4 is 50.7 Å². The van der Waals surface area contributed by atoms with Crippen LogP contribution >= 0.6 is 23.2 Å². The summed E-state index contributed by atoms with van der Waals surface area (Å²) in [6, 6.07) is 12.1. The van der Waals surface area contributed by atoms with Crippen LogP contribution in [0.4, 0.5) is 5.69 Å². The van der Waals surface area contributed by atoms with E-state index in [1.54, 1.807) is 24.3 Å². The normalized spacial score (nSPS) is 21.4. The third kappa shape index (κ3) is 3.86. The molecule has 2 aliphatic heterocycles. The van der Waals surface area contributed by atoms with Gasteiger partial charge >= 0.3 is 0 Å². The third-order valence-electron chi connectivity index (χ3n) is 5.38. The number of sulfonamides is 1. The van der Waals surface area contributed by atoms with Crippen LogP contribution in [-0.2, 0) is 19.6 Å². The summed E-state index contributed by atoms with van der Waals surface area (Å²) < 4.78 is 27.1. The number of anilines is 1. The van der Waals surface area contributed by atoms with Crippen LogP contribution < -0.4 is 4.90 Å². The maximum atomic E-state index is 13.0. The second-order valence-electron chi connectivity index (χ2n) is 7.13. The summed E-state index contributed by atoms with van der Waals surface area (Å²) in [5, 5.41) is 0.796. The summed E-state index contributed by atoms with van der Waals surface area (Å²) in [6.07, 6.45) is 0.0496. The molecule has 2 heterocycles. The molecule has 1 atom stereocenters. The van der Waals surface area contributed by atoms with E-state index in [1.165, 1.54) is 28.6 Å². The summed E-state index contributed by atoms with van der Waals surface area (Å²) in [6.45, 7) is 1.17. The molecule has 0 radical (unpaired) electrons. The monoisotopic (exact) mass is 467 g/mol. The molecule has 0 bridgehead atoms. The average molecular weight is 468 g/mol. The molecule has 0 spiro atoms. The van der Waals surface area contributed by atoms with Crippen molar-refractivity contribution in [3.63, 3.8) is 0 Å². The molecule has 2 fully saturated rings. The maximum Gasteiger partial charge on any atom is 0.251 e. The van der Waals surface area contributed by atoms with Crippen molar-refractivity contribution in [2.24, 2.45) is 0 Å². The largest absolute Gasteiger partial charge is 0.289 e. The Morgan fingerprint density at radius 2 is 1.50 bits per heavy atom. The van der Waals surface area contributed by atoms with Crippen LogP contribution in [0.15, 0.2) is 53.4 Å². The van der Waals surface area contributed by atoms with Crippen molar-refractivity contribution in [1.29, 1.82) is 0 Å². The Morgan fingerprint density at radius 1 is 0.867 bits per heavy atom. The number of rotatable bonds is 4. The maximum absolute atomic E-state index is 13.0. The lowest BCUT2D eigenvalue weighted by Crippen LogP contribution is -2.53. The Labute approximate surface area is 184 Å². The lowest BCUT2D eigenvalue weighted by Gasteiger charge is -2.36. The number of amides is 2. The fourth-order valence-corrected chi connectivity index (χ4v) is 5.57. The molecular weight excluding hydrogens is 449 g/mol. The van der Waals surface area contributed by atoms with Gasteiger partial charge < -0.3 is 0 Å². The van der Waals surface area contributed by atoms with Gasteiger partial charge in [0.2, 0.25) is 15.9 Å². The average Bonchev–Trinajstić information content (AvgIpc) is 3.03. The Morgan fingerprint density at radius 3 is 2.13 bits per heavy atom. The minimum atomic E-state index is -3.64. The highest BCUT2D eigenvalue weighted by Gasteiger charge is 2.44. The summed E-state index contributed by atoms with van der Waals surface area (Å²) >= 11 is 12.0. The summed E-state index contributed by atoms with van der Waals surface area (Å²) in [4.78, 5) is 28.7. The molecule has 0 unspecified atom stereocenters. The molecule has 158 valence electrons. The topological polar surface area (TPSA) is 78.0 Å². The van der Waals surface area contributed by atoms with Crippen LogP contribution in [0, 0.1) is 0 Å². The number of para-hydroxylation sites is 1. The van der Waals surface area contributed by atoms with Crippen molar-refractivity contribution in [3.8, 4) is 0 Å². The quantitative estimate of drug-likeness (QED) is 0.645. The third-order valence-corrected chi connectivity index (χ3v) is 7.87. The highest BCUT2D eigenvalue weighted by Crippen LogP contribution is 2.32. The van der Waals surface area contributed by atoms with Gasteiger partial charge in [-0.1, -0.05) is 35.3 Å². The zero-order chi connectivity index (χ0) is 21.5. The molecule has 30 heavy (non-hydrogen) atoms. The Kier molecular flexibility index (Phi) is 5.87. The first kappa shape index (κ1) is 21.3. The molecule has 2 aromatic rings. The molecule has 4 rings (SSSR count). The summed E-state index contributed by atoms with van der Waals surface area (Å²) in [5.74, 6) is -0.642. The van der Waals surface area contributed by atoms with Gasteiger partial charge in [-0.3, -0.25) is 14.5 Å². The molecule has 2 amide bonds. The Bertz CT molecular complexity index is 1080.